The normalized spacial score (nSPS) is 12.8. The maximum Gasteiger partial charge on any atom is 0.435 e. The summed E-state index contributed by atoms with van der Waals surface area (Å²) in [5.74, 6) is -0.469. The van der Waals surface area contributed by atoms with E-state index in [2.05, 4.69) is 15.5 Å². The molecule has 0 aliphatic carbocycles. The summed E-state index contributed by atoms with van der Waals surface area (Å²) in [5, 5.41) is 10.2. The molecule has 2 aromatic heterocycles. The van der Waals surface area contributed by atoms with Crippen molar-refractivity contribution in [3.63, 3.8) is 0 Å². The van der Waals surface area contributed by atoms with Gasteiger partial charge in [0.1, 0.15) is 6.04 Å². The number of nitrogens with one attached hydrogen (secondary N) is 1. The average molecular weight is 349 g/mol. The van der Waals surface area contributed by atoms with Gasteiger partial charge in [-0.1, -0.05) is 0 Å². The monoisotopic (exact) mass is 349 g/mol. The van der Waals surface area contributed by atoms with Crippen molar-refractivity contribution in [1.29, 1.82) is 0 Å². The van der Waals surface area contributed by atoms with Crippen LogP contribution in [0.3, 0.4) is 0 Å². The van der Waals surface area contributed by atoms with Gasteiger partial charge in [0.2, 0.25) is 5.91 Å². The average Bonchev–Trinajstić information content (AvgIpc) is 3.26. The molecule has 0 fully saturated rings. The number of carbonyl (C=O) groups is 1. The SMILES string of the molecule is CC(C(=O)Nc1ccc(-n2cccn2)cc1)n1ccc(C(F)(F)F)n1. The Labute approximate surface area is 140 Å². The third-order valence-corrected chi connectivity index (χ3v) is 3.58. The molecule has 1 amide bonds. The van der Waals surface area contributed by atoms with E-state index in [9.17, 15) is 18.0 Å². The zero-order chi connectivity index (χ0) is 18.0. The van der Waals surface area contributed by atoms with Crippen molar-refractivity contribution in [1.82, 2.24) is 19.6 Å². The fourth-order valence-corrected chi connectivity index (χ4v) is 2.19. The number of nitrogens with zero attached hydrogens (tertiary/aromatic N) is 4. The molecule has 0 saturated heterocycles. The predicted molar refractivity (Wildman–Crippen MR) is 84.1 cm³/mol. The highest BCUT2D eigenvalue weighted by Gasteiger charge is 2.34. The second-order valence-corrected chi connectivity index (χ2v) is 5.34. The summed E-state index contributed by atoms with van der Waals surface area (Å²) in [6, 6.07) is 8.64. The summed E-state index contributed by atoms with van der Waals surface area (Å²) in [4.78, 5) is 12.2. The van der Waals surface area contributed by atoms with Crippen LogP contribution in [-0.2, 0) is 11.0 Å². The molecular weight excluding hydrogens is 335 g/mol. The molecule has 1 unspecified atom stereocenters. The molecule has 0 bridgehead atoms. The lowest BCUT2D eigenvalue weighted by molar-refractivity contribution is -0.141. The van der Waals surface area contributed by atoms with Gasteiger partial charge in [-0.3, -0.25) is 9.48 Å². The van der Waals surface area contributed by atoms with Crippen LogP contribution >= 0.6 is 0 Å². The minimum atomic E-state index is -4.54. The first-order valence-electron chi connectivity index (χ1n) is 7.38. The fraction of sp³-hybridized carbons (Fsp3) is 0.188. The van der Waals surface area contributed by atoms with Gasteiger partial charge in [-0.15, -0.1) is 0 Å². The minimum Gasteiger partial charge on any atom is -0.324 e. The molecule has 0 aliphatic rings. The Morgan fingerprint density at radius 2 is 1.88 bits per heavy atom. The molecule has 1 aromatic carbocycles. The van der Waals surface area contributed by atoms with Crippen molar-refractivity contribution in [2.24, 2.45) is 0 Å². The zero-order valence-corrected chi connectivity index (χ0v) is 13.1. The van der Waals surface area contributed by atoms with Crippen LogP contribution in [-0.4, -0.2) is 25.5 Å². The quantitative estimate of drug-likeness (QED) is 0.786. The van der Waals surface area contributed by atoms with E-state index in [0.29, 0.717) is 5.69 Å². The van der Waals surface area contributed by atoms with Crippen LogP contribution in [0, 0.1) is 0 Å². The van der Waals surface area contributed by atoms with Gasteiger partial charge >= 0.3 is 6.18 Å². The number of carbonyl (C=O) groups excluding carboxylic acids is 1. The van der Waals surface area contributed by atoms with Crippen molar-refractivity contribution in [2.75, 3.05) is 5.32 Å². The molecule has 0 spiro atoms. The minimum absolute atomic E-state index is 0.469. The van der Waals surface area contributed by atoms with Gasteiger partial charge in [0.25, 0.3) is 0 Å². The van der Waals surface area contributed by atoms with Crippen LogP contribution in [0.15, 0.2) is 55.0 Å². The van der Waals surface area contributed by atoms with E-state index >= 15 is 0 Å². The van der Waals surface area contributed by atoms with Crippen LogP contribution in [0.4, 0.5) is 18.9 Å². The van der Waals surface area contributed by atoms with Crippen LogP contribution in [0.5, 0.6) is 0 Å². The molecule has 25 heavy (non-hydrogen) atoms. The number of rotatable bonds is 4. The molecule has 9 heteroatoms. The van der Waals surface area contributed by atoms with Crippen molar-refractivity contribution < 1.29 is 18.0 Å². The van der Waals surface area contributed by atoms with Crippen LogP contribution in [0.1, 0.15) is 18.7 Å². The highest BCUT2D eigenvalue weighted by molar-refractivity contribution is 5.93. The predicted octanol–water partition coefficient (Wildman–Crippen LogP) is 3.29. The van der Waals surface area contributed by atoms with Gasteiger partial charge in [0.15, 0.2) is 5.69 Å². The number of aromatic nitrogens is 4. The Balaban J connectivity index is 1.68. The maximum absolute atomic E-state index is 12.6. The van der Waals surface area contributed by atoms with Crippen molar-refractivity contribution in [3.8, 4) is 5.69 Å². The van der Waals surface area contributed by atoms with Crippen LogP contribution in [0.2, 0.25) is 0 Å². The topological polar surface area (TPSA) is 64.7 Å². The van der Waals surface area contributed by atoms with E-state index in [0.717, 1.165) is 22.6 Å². The summed E-state index contributed by atoms with van der Waals surface area (Å²) in [6.07, 6.45) is 0.0277. The Hall–Kier alpha value is -3.10. The molecule has 0 aliphatic heterocycles. The zero-order valence-electron chi connectivity index (χ0n) is 13.1. The second kappa shape index (κ2) is 6.42. The van der Waals surface area contributed by atoms with E-state index in [1.807, 2.05) is 0 Å². The number of benzene rings is 1. The van der Waals surface area contributed by atoms with Gasteiger partial charge < -0.3 is 5.32 Å². The summed E-state index contributed by atoms with van der Waals surface area (Å²) in [5.41, 5.74) is 0.310. The highest BCUT2D eigenvalue weighted by atomic mass is 19.4. The van der Waals surface area contributed by atoms with Gasteiger partial charge in [0.05, 0.1) is 5.69 Å². The molecule has 0 radical (unpaired) electrons. The molecule has 0 saturated carbocycles. The molecule has 3 aromatic rings. The van der Waals surface area contributed by atoms with Crippen molar-refractivity contribution >= 4 is 11.6 Å². The van der Waals surface area contributed by atoms with Crippen LogP contribution in [0.25, 0.3) is 5.69 Å². The molecule has 6 nitrogen and oxygen atoms in total. The molecule has 3 rings (SSSR count). The first-order chi connectivity index (χ1) is 11.8. The third kappa shape index (κ3) is 3.70. The lowest BCUT2D eigenvalue weighted by Gasteiger charge is -2.13. The first-order valence-corrected chi connectivity index (χ1v) is 7.38. The molecule has 1 atom stereocenters. The Bertz CT molecular complexity index is 853. The van der Waals surface area contributed by atoms with Gasteiger partial charge in [-0.05, 0) is 43.3 Å². The van der Waals surface area contributed by atoms with Gasteiger partial charge in [-0.25, -0.2) is 4.68 Å². The molecule has 2 heterocycles. The number of halogens is 3. The Morgan fingerprint density at radius 3 is 2.44 bits per heavy atom. The maximum atomic E-state index is 12.6. The third-order valence-electron chi connectivity index (χ3n) is 3.58. The first kappa shape index (κ1) is 16.7. The lowest BCUT2D eigenvalue weighted by atomic mass is 10.2. The van der Waals surface area contributed by atoms with E-state index in [1.54, 1.807) is 47.4 Å². The summed E-state index contributed by atoms with van der Waals surface area (Å²) >= 11 is 0. The summed E-state index contributed by atoms with van der Waals surface area (Å²) in [6.45, 7) is 1.47. The number of alkyl halides is 3. The van der Waals surface area contributed by atoms with Crippen molar-refractivity contribution in [2.45, 2.75) is 19.1 Å². The van der Waals surface area contributed by atoms with Gasteiger partial charge in [-0.2, -0.15) is 23.4 Å². The Morgan fingerprint density at radius 1 is 1.16 bits per heavy atom. The highest BCUT2D eigenvalue weighted by Crippen LogP contribution is 2.28. The number of hydrogen-bond donors (Lipinski definition) is 1. The lowest BCUT2D eigenvalue weighted by Crippen LogP contribution is -2.24. The number of anilines is 1. The Kier molecular flexibility index (Phi) is 4.30. The van der Waals surface area contributed by atoms with E-state index < -0.39 is 23.8 Å². The van der Waals surface area contributed by atoms with E-state index in [4.69, 9.17) is 0 Å². The van der Waals surface area contributed by atoms with Gasteiger partial charge in [0, 0.05) is 24.3 Å². The molecule has 130 valence electrons. The number of amides is 1. The smallest absolute Gasteiger partial charge is 0.324 e. The summed E-state index contributed by atoms with van der Waals surface area (Å²) < 4.78 is 40.4. The number of hydrogen-bond acceptors (Lipinski definition) is 3. The second-order valence-electron chi connectivity index (χ2n) is 5.34. The molecule has 1 N–H and O–H groups in total. The van der Waals surface area contributed by atoms with E-state index in [1.165, 1.54) is 6.92 Å². The van der Waals surface area contributed by atoms with Crippen LogP contribution < -0.4 is 5.32 Å². The van der Waals surface area contributed by atoms with Crippen molar-refractivity contribution in [3.05, 3.63) is 60.7 Å². The fourth-order valence-electron chi connectivity index (χ4n) is 2.19. The largest absolute Gasteiger partial charge is 0.435 e. The van der Waals surface area contributed by atoms with E-state index in [-0.39, 0.29) is 0 Å². The molecular formula is C16H14F3N5O. The summed E-state index contributed by atoms with van der Waals surface area (Å²) in [7, 11) is 0. The standard InChI is InChI=1S/C16H14F3N5O/c1-11(23-10-7-14(22-23)16(17,18)19)15(25)21-12-3-5-13(6-4-12)24-9-2-8-20-24/h2-11H,1H3,(H,21,25).